The third-order valence-electron chi connectivity index (χ3n) is 10.7. The summed E-state index contributed by atoms with van der Waals surface area (Å²) in [5, 5.41) is 6.11. The first-order valence-corrected chi connectivity index (χ1v) is 17.8. The van der Waals surface area contributed by atoms with Gasteiger partial charge in [0.2, 0.25) is 0 Å². The molecule has 0 spiro atoms. The van der Waals surface area contributed by atoms with Crippen molar-refractivity contribution < 1.29 is 0 Å². The lowest BCUT2D eigenvalue weighted by atomic mass is 9.88. The minimum atomic E-state index is 0.685. The lowest BCUT2D eigenvalue weighted by molar-refractivity contribution is 0.862. The Kier molecular flexibility index (Phi) is 6.26. The zero-order valence-electron chi connectivity index (χ0n) is 28.2. The Morgan fingerprint density at radius 2 is 1.38 bits per heavy atom. The molecule has 3 aromatic heterocycles. The summed E-state index contributed by atoms with van der Waals surface area (Å²) >= 11 is 0. The van der Waals surface area contributed by atoms with Gasteiger partial charge in [0.1, 0.15) is 5.69 Å². The Morgan fingerprint density at radius 3 is 2.21 bits per heavy atom. The number of aryl methyl sites for hydroxylation is 1. The van der Waals surface area contributed by atoms with E-state index in [1.54, 1.807) is 0 Å². The summed E-state index contributed by atoms with van der Waals surface area (Å²) in [4.78, 5) is 10.4. The van der Waals surface area contributed by atoms with Gasteiger partial charge < -0.3 is 9.13 Å². The number of hydrogen-bond acceptors (Lipinski definition) is 2. The fraction of sp³-hybridized carbons (Fsp3) is 0.0417. The van der Waals surface area contributed by atoms with Crippen LogP contribution < -0.4 is 0 Å². The molecule has 0 fully saturated rings. The van der Waals surface area contributed by atoms with E-state index >= 15 is 0 Å². The molecule has 242 valence electrons. The molecule has 1 aliphatic rings. The smallest absolute Gasteiger partial charge is 0.159 e. The number of para-hydroxylation sites is 1. The topological polar surface area (TPSA) is 35.6 Å². The Bertz CT molecular complexity index is 2990. The van der Waals surface area contributed by atoms with Crippen molar-refractivity contribution in [2.75, 3.05) is 0 Å². The van der Waals surface area contributed by atoms with Crippen molar-refractivity contribution >= 4 is 43.5 Å². The molecule has 0 unspecified atom stereocenters. The molecule has 10 aromatic rings. The second-order valence-electron chi connectivity index (χ2n) is 13.6. The lowest BCUT2D eigenvalue weighted by Gasteiger charge is -2.20. The highest BCUT2D eigenvalue weighted by atomic mass is 15.1. The summed E-state index contributed by atoms with van der Waals surface area (Å²) < 4.78 is 4.91. The van der Waals surface area contributed by atoms with E-state index < -0.39 is 0 Å². The van der Waals surface area contributed by atoms with Gasteiger partial charge in [0.15, 0.2) is 5.82 Å². The Labute approximate surface area is 300 Å². The summed E-state index contributed by atoms with van der Waals surface area (Å²) in [6.45, 7) is 0. The van der Waals surface area contributed by atoms with Gasteiger partial charge in [0.25, 0.3) is 0 Å². The average molecular weight is 663 g/mol. The highest BCUT2D eigenvalue weighted by molar-refractivity contribution is 6.25. The number of fused-ring (bicyclic) bond motifs is 10. The summed E-state index contributed by atoms with van der Waals surface area (Å²) in [6, 6.07) is 60.5. The fourth-order valence-electron chi connectivity index (χ4n) is 8.46. The minimum Gasteiger partial charge on any atom is -0.309 e. The molecule has 52 heavy (non-hydrogen) atoms. The van der Waals surface area contributed by atoms with E-state index in [9.17, 15) is 0 Å². The Morgan fingerprint density at radius 1 is 0.615 bits per heavy atom. The molecular formula is C48H30N4. The van der Waals surface area contributed by atoms with Crippen molar-refractivity contribution in [2.24, 2.45) is 0 Å². The molecule has 11 rings (SSSR count). The summed E-state index contributed by atoms with van der Waals surface area (Å²) in [7, 11) is 0. The van der Waals surface area contributed by atoms with E-state index in [2.05, 4.69) is 143 Å². The molecule has 0 radical (unpaired) electrons. The third kappa shape index (κ3) is 4.23. The van der Waals surface area contributed by atoms with E-state index in [0.717, 1.165) is 46.6 Å². The van der Waals surface area contributed by atoms with Crippen molar-refractivity contribution in [3.8, 4) is 45.1 Å². The zero-order valence-corrected chi connectivity index (χ0v) is 28.2. The van der Waals surface area contributed by atoms with Gasteiger partial charge in [-0.05, 0) is 77.2 Å². The molecule has 0 saturated heterocycles. The van der Waals surface area contributed by atoms with Crippen molar-refractivity contribution in [3.05, 3.63) is 181 Å². The largest absolute Gasteiger partial charge is 0.309 e. The highest BCUT2D eigenvalue weighted by Gasteiger charge is 2.29. The molecule has 0 atom stereocenters. The van der Waals surface area contributed by atoms with Gasteiger partial charge in [0.05, 0.1) is 34.0 Å². The molecule has 0 amide bonds. The molecule has 4 nitrogen and oxygen atoms in total. The molecular weight excluding hydrogens is 633 g/mol. The van der Waals surface area contributed by atoms with Crippen LogP contribution in [0.2, 0.25) is 0 Å². The van der Waals surface area contributed by atoms with Crippen LogP contribution in [0.25, 0.3) is 88.6 Å². The van der Waals surface area contributed by atoms with Gasteiger partial charge in [0, 0.05) is 38.7 Å². The monoisotopic (exact) mass is 662 g/mol. The van der Waals surface area contributed by atoms with Crippen LogP contribution in [0.5, 0.6) is 0 Å². The van der Waals surface area contributed by atoms with Crippen LogP contribution in [0, 0.1) is 12.1 Å². The van der Waals surface area contributed by atoms with Crippen LogP contribution in [0.1, 0.15) is 11.3 Å². The summed E-state index contributed by atoms with van der Waals surface area (Å²) in [6.07, 6.45) is 3.88. The van der Waals surface area contributed by atoms with Gasteiger partial charge >= 0.3 is 0 Å². The number of rotatable bonds is 4. The third-order valence-corrected chi connectivity index (χ3v) is 10.7. The lowest BCUT2D eigenvalue weighted by Crippen LogP contribution is -2.10. The molecule has 3 heterocycles. The first kappa shape index (κ1) is 28.8. The normalized spacial score (nSPS) is 12.3. The van der Waals surface area contributed by atoms with Gasteiger partial charge in [-0.2, -0.15) is 0 Å². The number of aromatic nitrogens is 4. The van der Waals surface area contributed by atoms with Crippen LogP contribution >= 0.6 is 0 Å². The van der Waals surface area contributed by atoms with E-state index in [4.69, 9.17) is 9.97 Å². The molecule has 0 bridgehead atoms. The first-order valence-electron chi connectivity index (χ1n) is 17.8. The van der Waals surface area contributed by atoms with E-state index in [1.165, 1.54) is 60.3 Å². The number of hydrogen-bond donors (Lipinski definition) is 0. The second kappa shape index (κ2) is 11.3. The van der Waals surface area contributed by atoms with Crippen molar-refractivity contribution in [1.29, 1.82) is 0 Å². The van der Waals surface area contributed by atoms with Crippen LogP contribution in [0.15, 0.2) is 158 Å². The predicted molar refractivity (Wildman–Crippen MR) is 212 cm³/mol. The maximum absolute atomic E-state index is 5.32. The Balaban J connectivity index is 1.34. The second-order valence-corrected chi connectivity index (χ2v) is 13.6. The molecule has 0 aliphatic heterocycles. The number of nitrogens with zero attached hydrogens (tertiary/aromatic N) is 4. The first-order chi connectivity index (χ1) is 25.8. The summed E-state index contributed by atoms with van der Waals surface area (Å²) in [5.74, 6) is 0.685. The maximum atomic E-state index is 5.32. The number of benzene rings is 6. The van der Waals surface area contributed by atoms with Crippen LogP contribution in [-0.4, -0.2) is 19.1 Å². The molecule has 7 aromatic carbocycles. The zero-order chi connectivity index (χ0) is 34.2. The molecule has 0 saturated carbocycles. The SMILES string of the molecule is c1cccc(-c2nc(-c3ccccc3)ncc2-n2c3c(c4ccc5c(c6cc7ccccc7cc6n5-c5ccccc5)c42)-c2ccccc2CC3)c#1. The van der Waals surface area contributed by atoms with Gasteiger partial charge in [-0.1, -0.05) is 121 Å². The van der Waals surface area contributed by atoms with Crippen LogP contribution in [-0.2, 0) is 12.8 Å². The molecule has 0 N–H and O–H groups in total. The standard InChI is InChI=1S/C48H30N4/c1-4-15-32(16-5-1)46-43(30-49-48(50-46)33-17-6-2-7-18-33)52-40-26-24-31-14-12-13-23-37(31)44(40)38-25-27-41-45(47(38)52)39-28-34-19-10-11-20-35(34)29-42(39)51(41)36-21-8-3-9-22-36/h1-4,6-15,17-23,25,27-30H,24,26H2. The Hall–Kier alpha value is -6.96. The maximum Gasteiger partial charge on any atom is 0.159 e. The minimum absolute atomic E-state index is 0.685. The molecule has 1 aliphatic carbocycles. The molecule has 4 heteroatoms. The van der Waals surface area contributed by atoms with E-state index in [1.807, 2.05) is 36.5 Å². The highest BCUT2D eigenvalue weighted by Crippen LogP contribution is 2.48. The van der Waals surface area contributed by atoms with Crippen molar-refractivity contribution in [3.63, 3.8) is 0 Å². The van der Waals surface area contributed by atoms with Crippen LogP contribution in [0.3, 0.4) is 0 Å². The van der Waals surface area contributed by atoms with Crippen molar-refractivity contribution in [1.82, 2.24) is 19.1 Å². The fourth-order valence-corrected chi connectivity index (χ4v) is 8.46. The van der Waals surface area contributed by atoms with Gasteiger partial charge in [-0.25, -0.2) is 9.97 Å². The van der Waals surface area contributed by atoms with E-state index in [-0.39, 0.29) is 0 Å². The predicted octanol–water partition coefficient (Wildman–Crippen LogP) is 11.4. The van der Waals surface area contributed by atoms with Gasteiger partial charge in [-0.3, -0.25) is 0 Å². The van der Waals surface area contributed by atoms with Crippen LogP contribution in [0.4, 0.5) is 0 Å². The average Bonchev–Trinajstić information content (AvgIpc) is 3.73. The summed E-state index contributed by atoms with van der Waals surface area (Å²) in [5.41, 5.74) is 13.5. The van der Waals surface area contributed by atoms with Gasteiger partial charge in [-0.15, -0.1) is 0 Å². The van der Waals surface area contributed by atoms with E-state index in [0.29, 0.717) is 5.82 Å². The van der Waals surface area contributed by atoms with Crippen molar-refractivity contribution in [2.45, 2.75) is 12.8 Å². The quantitative estimate of drug-likeness (QED) is 0.188.